The first-order chi connectivity index (χ1) is 7.16. The van der Waals surface area contributed by atoms with Gasteiger partial charge >= 0.3 is 0 Å². The van der Waals surface area contributed by atoms with E-state index >= 15 is 0 Å². The Morgan fingerprint density at radius 2 is 2.00 bits per heavy atom. The highest BCUT2D eigenvalue weighted by atomic mass is 16.5. The Bertz CT molecular complexity index is 171. The molecular formula is C11H23NO3. The summed E-state index contributed by atoms with van der Waals surface area (Å²) < 4.78 is 10.4. The van der Waals surface area contributed by atoms with E-state index in [0.29, 0.717) is 33.0 Å². The molecule has 0 amide bonds. The van der Waals surface area contributed by atoms with Gasteiger partial charge in [0.2, 0.25) is 0 Å². The second-order valence-electron chi connectivity index (χ2n) is 4.37. The maximum atomic E-state index is 9.57. The molecule has 2 N–H and O–H groups in total. The summed E-state index contributed by atoms with van der Waals surface area (Å²) in [6.07, 6.45) is 2.01. The number of ether oxygens (including phenoxy) is 2. The van der Waals surface area contributed by atoms with Crippen LogP contribution in [-0.4, -0.2) is 49.7 Å². The quantitative estimate of drug-likeness (QED) is 0.554. The molecule has 1 rings (SSSR count). The van der Waals surface area contributed by atoms with E-state index in [1.165, 1.54) is 12.8 Å². The molecule has 1 atom stereocenters. The molecule has 0 saturated heterocycles. The fourth-order valence-corrected chi connectivity index (χ4v) is 1.27. The van der Waals surface area contributed by atoms with Gasteiger partial charge in [-0.05, 0) is 26.7 Å². The highest BCUT2D eigenvalue weighted by molar-refractivity contribution is 4.97. The molecule has 0 radical (unpaired) electrons. The zero-order valence-electron chi connectivity index (χ0n) is 9.79. The second kappa shape index (κ2) is 6.43. The van der Waals surface area contributed by atoms with E-state index in [1.54, 1.807) is 0 Å². The topological polar surface area (TPSA) is 50.7 Å². The average Bonchev–Trinajstić information content (AvgIpc) is 2.94. The van der Waals surface area contributed by atoms with Crippen molar-refractivity contribution < 1.29 is 14.6 Å². The van der Waals surface area contributed by atoms with Crippen molar-refractivity contribution in [3.05, 3.63) is 0 Å². The van der Waals surface area contributed by atoms with Crippen LogP contribution in [0.5, 0.6) is 0 Å². The fraction of sp³-hybridized carbons (Fsp3) is 1.00. The van der Waals surface area contributed by atoms with E-state index in [2.05, 4.69) is 12.2 Å². The van der Waals surface area contributed by atoms with Gasteiger partial charge in [0.1, 0.15) is 0 Å². The minimum Gasteiger partial charge on any atom is -0.389 e. The zero-order valence-corrected chi connectivity index (χ0v) is 9.79. The SMILES string of the molecule is CCOCCOCC(O)CNC1(C)CC1. The van der Waals surface area contributed by atoms with E-state index in [4.69, 9.17) is 9.47 Å². The Morgan fingerprint density at radius 1 is 1.33 bits per heavy atom. The van der Waals surface area contributed by atoms with Crippen LogP contribution in [0.4, 0.5) is 0 Å². The molecule has 1 saturated carbocycles. The van der Waals surface area contributed by atoms with Gasteiger partial charge in [-0.1, -0.05) is 0 Å². The third kappa shape index (κ3) is 6.10. The van der Waals surface area contributed by atoms with Crippen LogP contribution in [0, 0.1) is 0 Å². The lowest BCUT2D eigenvalue weighted by atomic mass is 10.3. The third-order valence-corrected chi connectivity index (χ3v) is 2.65. The monoisotopic (exact) mass is 217 g/mol. The van der Waals surface area contributed by atoms with Gasteiger partial charge in [-0.15, -0.1) is 0 Å². The first-order valence-corrected chi connectivity index (χ1v) is 5.75. The Hall–Kier alpha value is -0.160. The molecule has 15 heavy (non-hydrogen) atoms. The van der Waals surface area contributed by atoms with Gasteiger partial charge in [0.25, 0.3) is 0 Å². The van der Waals surface area contributed by atoms with Crippen molar-refractivity contribution in [3.8, 4) is 0 Å². The summed E-state index contributed by atoms with van der Waals surface area (Å²) in [6, 6.07) is 0. The molecule has 0 bridgehead atoms. The van der Waals surface area contributed by atoms with Gasteiger partial charge in [0, 0.05) is 18.7 Å². The second-order valence-corrected chi connectivity index (χ2v) is 4.37. The largest absolute Gasteiger partial charge is 0.389 e. The van der Waals surface area contributed by atoms with Crippen molar-refractivity contribution in [2.45, 2.75) is 38.3 Å². The average molecular weight is 217 g/mol. The van der Waals surface area contributed by atoms with Gasteiger partial charge < -0.3 is 19.9 Å². The first-order valence-electron chi connectivity index (χ1n) is 5.75. The standard InChI is InChI=1S/C11H23NO3/c1-3-14-6-7-15-9-10(13)8-12-11(2)4-5-11/h10,12-13H,3-9H2,1-2H3. The summed E-state index contributed by atoms with van der Waals surface area (Å²) in [4.78, 5) is 0. The fourth-order valence-electron chi connectivity index (χ4n) is 1.27. The summed E-state index contributed by atoms with van der Waals surface area (Å²) in [5.41, 5.74) is 0.284. The lowest BCUT2D eigenvalue weighted by molar-refractivity contribution is 0.00561. The molecule has 90 valence electrons. The molecule has 1 fully saturated rings. The molecule has 0 aromatic carbocycles. The van der Waals surface area contributed by atoms with Gasteiger partial charge in [-0.3, -0.25) is 0 Å². The number of aliphatic hydroxyl groups is 1. The predicted octanol–water partition coefficient (Wildman–Crippen LogP) is 0.542. The van der Waals surface area contributed by atoms with Crippen LogP contribution in [0.2, 0.25) is 0 Å². The minimum absolute atomic E-state index is 0.284. The summed E-state index contributed by atoms with van der Waals surface area (Å²) in [6.45, 7) is 7.01. The Kier molecular flexibility index (Phi) is 5.53. The van der Waals surface area contributed by atoms with Gasteiger partial charge in [-0.25, -0.2) is 0 Å². The molecule has 0 aliphatic heterocycles. The normalized spacial score (nSPS) is 20.2. The molecule has 0 aromatic heterocycles. The first kappa shape index (κ1) is 12.9. The Morgan fingerprint density at radius 3 is 2.60 bits per heavy atom. The van der Waals surface area contributed by atoms with Crippen molar-refractivity contribution in [3.63, 3.8) is 0 Å². The van der Waals surface area contributed by atoms with E-state index in [0.717, 1.165) is 0 Å². The lowest BCUT2D eigenvalue weighted by Gasteiger charge is -2.16. The highest BCUT2D eigenvalue weighted by Gasteiger charge is 2.36. The summed E-state index contributed by atoms with van der Waals surface area (Å²) in [7, 11) is 0. The van der Waals surface area contributed by atoms with Crippen molar-refractivity contribution >= 4 is 0 Å². The minimum atomic E-state index is -0.413. The Labute approximate surface area is 92.0 Å². The number of rotatable bonds is 9. The Balaban J connectivity index is 1.87. The third-order valence-electron chi connectivity index (χ3n) is 2.65. The van der Waals surface area contributed by atoms with Crippen LogP contribution in [0.25, 0.3) is 0 Å². The zero-order chi connectivity index (χ0) is 11.1. The van der Waals surface area contributed by atoms with Gasteiger partial charge in [-0.2, -0.15) is 0 Å². The van der Waals surface area contributed by atoms with Crippen molar-refractivity contribution in [1.29, 1.82) is 0 Å². The number of hydrogen-bond acceptors (Lipinski definition) is 4. The van der Waals surface area contributed by atoms with Gasteiger partial charge in [0.15, 0.2) is 0 Å². The molecular weight excluding hydrogens is 194 g/mol. The van der Waals surface area contributed by atoms with Crippen LogP contribution in [0.15, 0.2) is 0 Å². The summed E-state index contributed by atoms with van der Waals surface area (Å²) in [5.74, 6) is 0. The highest BCUT2D eigenvalue weighted by Crippen LogP contribution is 2.33. The lowest BCUT2D eigenvalue weighted by Crippen LogP contribution is -2.37. The molecule has 1 aliphatic carbocycles. The number of nitrogens with one attached hydrogen (secondary N) is 1. The van der Waals surface area contributed by atoms with Crippen molar-refractivity contribution in [2.24, 2.45) is 0 Å². The van der Waals surface area contributed by atoms with Crippen LogP contribution >= 0.6 is 0 Å². The molecule has 4 nitrogen and oxygen atoms in total. The maximum Gasteiger partial charge on any atom is 0.0897 e. The molecule has 0 heterocycles. The molecule has 1 unspecified atom stereocenters. The molecule has 1 aliphatic rings. The predicted molar refractivity (Wildman–Crippen MR) is 59.0 cm³/mol. The van der Waals surface area contributed by atoms with Crippen molar-refractivity contribution in [1.82, 2.24) is 5.32 Å². The summed E-state index contributed by atoms with van der Waals surface area (Å²) in [5, 5.41) is 12.9. The van der Waals surface area contributed by atoms with Crippen LogP contribution in [-0.2, 0) is 9.47 Å². The van der Waals surface area contributed by atoms with Crippen LogP contribution in [0.3, 0.4) is 0 Å². The van der Waals surface area contributed by atoms with E-state index in [1.807, 2.05) is 6.92 Å². The van der Waals surface area contributed by atoms with Gasteiger partial charge in [0.05, 0.1) is 25.9 Å². The van der Waals surface area contributed by atoms with E-state index < -0.39 is 6.10 Å². The maximum absolute atomic E-state index is 9.57. The molecule has 0 aromatic rings. The van der Waals surface area contributed by atoms with E-state index in [-0.39, 0.29) is 5.54 Å². The number of aliphatic hydroxyl groups excluding tert-OH is 1. The smallest absolute Gasteiger partial charge is 0.0897 e. The molecule has 4 heteroatoms. The van der Waals surface area contributed by atoms with Crippen LogP contribution in [0.1, 0.15) is 26.7 Å². The van der Waals surface area contributed by atoms with Crippen LogP contribution < -0.4 is 5.32 Å². The van der Waals surface area contributed by atoms with E-state index in [9.17, 15) is 5.11 Å². The number of β-amino-alcohol motifs (C(OH)–C–C–N with tert-alkyl or cyclic N) is 1. The molecule has 0 spiro atoms. The number of hydrogen-bond donors (Lipinski definition) is 2. The van der Waals surface area contributed by atoms with Crippen molar-refractivity contribution in [2.75, 3.05) is 33.0 Å². The summed E-state index contributed by atoms with van der Waals surface area (Å²) >= 11 is 0.